The predicted molar refractivity (Wildman–Crippen MR) is 8.54 cm³/mol. The van der Waals surface area contributed by atoms with Crippen LogP contribution in [0, 0.1) is 0 Å². The second-order valence-corrected chi connectivity index (χ2v) is 0. The Kier molecular flexibility index (Phi) is 111. The van der Waals surface area contributed by atoms with Gasteiger partial charge in [0.05, 0.1) is 0 Å². The molecule has 0 aliphatic carbocycles. The minimum absolute atomic E-state index is 0. The quantitative estimate of drug-likeness (QED) is 0.382. The molecule has 0 aromatic rings. The van der Waals surface area contributed by atoms with Crippen molar-refractivity contribution in [2.24, 2.45) is 0 Å². The zero-order valence-electron chi connectivity index (χ0n) is 2.32. The van der Waals surface area contributed by atoms with Gasteiger partial charge in [-0.2, -0.15) is 0 Å². The average molecular weight is 495 g/mol. The van der Waals surface area contributed by atoms with Crippen LogP contribution in [0.2, 0.25) is 0 Å². The van der Waals surface area contributed by atoms with Gasteiger partial charge in [-0.3, -0.25) is 0 Å². The van der Waals surface area contributed by atoms with Gasteiger partial charge in [0.25, 0.3) is 0 Å². The fraction of sp³-hybridized carbons (Fsp3) is 0. The molecule has 0 amide bonds. The summed E-state index contributed by atoms with van der Waals surface area (Å²) in [5, 5.41) is 0. The number of rotatable bonds is 0. The van der Waals surface area contributed by atoms with E-state index in [2.05, 4.69) is 0 Å². The molecule has 18 valence electrons. The second kappa shape index (κ2) is 16.4. The van der Waals surface area contributed by atoms with Crippen molar-refractivity contribution in [2.45, 2.75) is 0 Å². The Balaban J connectivity index is 0. The molecule has 0 fully saturated rings. The predicted octanol–water partition coefficient (Wildman–Crippen LogP) is -0.924. The third kappa shape index (κ3) is 8.95. The minimum atomic E-state index is 0. The van der Waals surface area contributed by atoms with E-state index in [0.717, 1.165) is 0 Å². The maximum atomic E-state index is 0. The molecule has 0 atom stereocenters. The molecular formula is H2CdCrHgTe. The van der Waals surface area contributed by atoms with Crippen molar-refractivity contribution in [2.75, 3.05) is 0 Å². The first-order valence-corrected chi connectivity index (χ1v) is 0. The van der Waals surface area contributed by atoms with E-state index in [4.69, 9.17) is 0 Å². The van der Waals surface area contributed by atoms with Crippen molar-refractivity contribution in [1.82, 2.24) is 0 Å². The molecule has 0 heterocycles. The van der Waals surface area contributed by atoms with E-state index in [0.29, 0.717) is 0 Å². The van der Waals surface area contributed by atoms with Crippen molar-refractivity contribution < 1.29 is 72.3 Å². The van der Waals surface area contributed by atoms with E-state index >= 15 is 0 Å². The van der Waals surface area contributed by atoms with Gasteiger partial charge in [0, 0.05) is 72.3 Å². The van der Waals surface area contributed by atoms with Crippen molar-refractivity contribution in [3.8, 4) is 0 Å². The van der Waals surface area contributed by atoms with Crippen LogP contribution < -0.4 is 0 Å². The van der Waals surface area contributed by atoms with Crippen LogP contribution in [0.3, 0.4) is 0 Å². The molecule has 4 heteroatoms. The van der Waals surface area contributed by atoms with E-state index in [1.54, 1.807) is 0 Å². The molecule has 0 saturated carbocycles. The van der Waals surface area contributed by atoms with Gasteiger partial charge in [0.1, 0.15) is 0 Å². The van der Waals surface area contributed by atoms with Gasteiger partial charge in [-0.1, -0.05) is 0 Å². The van der Waals surface area contributed by atoms with Crippen molar-refractivity contribution in [1.29, 1.82) is 0 Å². The topological polar surface area (TPSA) is 0 Å². The first-order chi connectivity index (χ1) is 0. The molecule has 4 heavy (non-hydrogen) atoms. The Morgan fingerprint density at radius 3 is 1.00 bits per heavy atom. The first kappa shape index (κ1) is 27.1. The van der Waals surface area contributed by atoms with Crippen LogP contribution in [-0.2, 0) is 72.3 Å². The summed E-state index contributed by atoms with van der Waals surface area (Å²) in [6.45, 7) is 0. The van der Waals surface area contributed by atoms with Crippen molar-refractivity contribution in [3.05, 3.63) is 0 Å². The standard InChI is InChI=1S/Cd.Cr.Hg.H2Te/h;;;1H2. The Morgan fingerprint density at radius 1 is 1.00 bits per heavy atom. The fourth-order valence-electron chi connectivity index (χ4n) is 0. The van der Waals surface area contributed by atoms with Gasteiger partial charge < -0.3 is 0 Å². The van der Waals surface area contributed by atoms with Crippen molar-refractivity contribution >= 4 is 23.7 Å². The Labute approximate surface area is 94.0 Å². The van der Waals surface area contributed by atoms with E-state index < -0.39 is 0 Å². The summed E-state index contributed by atoms with van der Waals surface area (Å²) in [5.74, 6) is 0. The molecular weight excluding hydrogens is 493 g/mol. The van der Waals surface area contributed by atoms with Crippen LogP contribution in [0.1, 0.15) is 0 Å². The average Bonchev–Trinajstić information content (AvgIpc) is 0. The summed E-state index contributed by atoms with van der Waals surface area (Å²) in [4.78, 5) is 0. The molecule has 0 unspecified atom stereocenters. The van der Waals surface area contributed by atoms with E-state index in [1.807, 2.05) is 0 Å². The second-order valence-electron chi connectivity index (χ2n) is 0. The van der Waals surface area contributed by atoms with Crippen LogP contribution in [-0.4, -0.2) is 23.7 Å². The molecule has 0 saturated heterocycles. The van der Waals surface area contributed by atoms with E-state index in [9.17, 15) is 0 Å². The van der Waals surface area contributed by atoms with Crippen LogP contribution in [0.15, 0.2) is 0 Å². The monoisotopic (exact) mass is 500 g/mol. The van der Waals surface area contributed by atoms with Crippen molar-refractivity contribution in [3.63, 3.8) is 0 Å². The third-order valence-corrected chi connectivity index (χ3v) is 0. The molecule has 0 rings (SSSR count). The maximum absolute atomic E-state index is 0. The van der Waals surface area contributed by atoms with Crippen LogP contribution in [0.4, 0.5) is 0 Å². The normalized spacial score (nSPS) is 0. The van der Waals surface area contributed by atoms with Crippen LogP contribution in [0.25, 0.3) is 0 Å². The molecule has 0 N–H and O–H groups in total. The summed E-state index contributed by atoms with van der Waals surface area (Å²) in [6.07, 6.45) is 0. The van der Waals surface area contributed by atoms with Crippen LogP contribution >= 0.6 is 0 Å². The summed E-state index contributed by atoms with van der Waals surface area (Å²) in [7, 11) is 0. The summed E-state index contributed by atoms with van der Waals surface area (Å²) < 4.78 is 0. The van der Waals surface area contributed by atoms with Crippen LogP contribution in [0.5, 0.6) is 0 Å². The third-order valence-electron chi connectivity index (χ3n) is 0. The van der Waals surface area contributed by atoms with Gasteiger partial charge in [-0.25, -0.2) is 0 Å². The van der Waals surface area contributed by atoms with E-state index in [1.165, 1.54) is 0 Å². The SMILES string of the molecule is [Cd].[Cr].[Hg].[TeH2]. The summed E-state index contributed by atoms with van der Waals surface area (Å²) >= 11 is 0. The Morgan fingerprint density at radius 2 is 1.00 bits per heavy atom. The fourth-order valence-corrected chi connectivity index (χ4v) is 0. The molecule has 0 aliphatic rings. The number of hydrogen-bond acceptors (Lipinski definition) is 0. The first-order valence-electron chi connectivity index (χ1n) is 0. The molecule has 0 spiro atoms. The number of hydrogen-bond donors (Lipinski definition) is 0. The molecule has 0 aromatic heterocycles. The van der Waals surface area contributed by atoms with Gasteiger partial charge in [-0.05, 0) is 0 Å². The van der Waals surface area contributed by atoms with E-state index in [-0.39, 0.29) is 96.0 Å². The summed E-state index contributed by atoms with van der Waals surface area (Å²) in [6, 6.07) is 0. The Hall–Kier alpha value is 3.18. The molecule has 0 aromatic carbocycles. The summed E-state index contributed by atoms with van der Waals surface area (Å²) in [5.41, 5.74) is 0. The molecule has 0 aliphatic heterocycles. The van der Waals surface area contributed by atoms with Gasteiger partial charge >= 0.3 is 23.7 Å². The van der Waals surface area contributed by atoms with Gasteiger partial charge in [0.2, 0.25) is 0 Å². The van der Waals surface area contributed by atoms with Gasteiger partial charge in [0.15, 0.2) is 0 Å². The Bertz CT molecular complexity index is 8.00. The zero-order chi connectivity index (χ0) is 0. The zero-order valence-corrected chi connectivity index (χ0v) is 16.0. The molecule has 0 radical (unpaired) electrons. The van der Waals surface area contributed by atoms with Gasteiger partial charge in [-0.15, -0.1) is 0 Å². The molecule has 0 nitrogen and oxygen atoms in total. The molecule has 0 bridgehead atoms.